The van der Waals surface area contributed by atoms with Crippen LogP contribution in [0.4, 0.5) is 0 Å². The van der Waals surface area contributed by atoms with Gasteiger partial charge in [-0.15, -0.1) is 0 Å². The third kappa shape index (κ3) is 4.20. The summed E-state index contributed by atoms with van der Waals surface area (Å²) in [5.41, 5.74) is 3.77. The van der Waals surface area contributed by atoms with Crippen LogP contribution in [0, 0.1) is 0 Å². The minimum Gasteiger partial charge on any atom is -0.0891 e. The standard InChI is InChI=1S/C19H24Si.Se/c1-19(2,3)20(4,18-13-9-6-10-14-18)16-15-17-11-7-5-8-12-17;/h5-16H,1-4H3;. The molecule has 0 N–H and O–H groups in total. The average Bonchev–Trinajstić information content (AvgIpc) is 2.45. The van der Waals surface area contributed by atoms with Gasteiger partial charge >= 0.3 is 0 Å². The van der Waals surface area contributed by atoms with E-state index < -0.39 is 8.07 Å². The Bertz CT molecular complexity index is 570. The molecule has 0 bridgehead atoms. The van der Waals surface area contributed by atoms with Crippen molar-refractivity contribution < 1.29 is 0 Å². The Balaban J connectivity index is 0.00000220. The van der Waals surface area contributed by atoms with E-state index in [0.717, 1.165) is 0 Å². The van der Waals surface area contributed by atoms with Gasteiger partial charge in [-0.1, -0.05) is 105 Å². The fraction of sp³-hybridized carbons (Fsp3) is 0.263. The molecule has 0 aliphatic heterocycles. The van der Waals surface area contributed by atoms with Crippen LogP contribution in [0.3, 0.4) is 0 Å². The molecule has 2 aromatic carbocycles. The van der Waals surface area contributed by atoms with Crippen molar-refractivity contribution in [2.45, 2.75) is 32.4 Å². The molecule has 2 radical (unpaired) electrons. The molecule has 0 aliphatic carbocycles. The molecule has 1 atom stereocenters. The summed E-state index contributed by atoms with van der Waals surface area (Å²) >= 11 is 0. The fourth-order valence-electron chi connectivity index (χ4n) is 2.39. The van der Waals surface area contributed by atoms with Crippen LogP contribution in [0.5, 0.6) is 0 Å². The van der Waals surface area contributed by atoms with Gasteiger partial charge < -0.3 is 0 Å². The molecule has 0 spiro atoms. The Morgan fingerprint density at radius 1 is 0.810 bits per heavy atom. The second-order valence-electron chi connectivity index (χ2n) is 6.56. The smallest absolute Gasteiger partial charge is 0.0891 e. The molecule has 0 aliphatic rings. The molecule has 2 rings (SSSR count). The van der Waals surface area contributed by atoms with Gasteiger partial charge in [0.25, 0.3) is 0 Å². The maximum Gasteiger partial charge on any atom is 0.112 e. The Hall–Kier alpha value is -1.08. The van der Waals surface area contributed by atoms with E-state index in [4.69, 9.17) is 0 Å². The third-order valence-corrected chi connectivity index (χ3v) is 9.82. The second-order valence-corrected chi connectivity index (χ2v) is 11.4. The minimum absolute atomic E-state index is 0. The molecule has 0 saturated carbocycles. The first-order valence-electron chi connectivity index (χ1n) is 7.23. The quantitative estimate of drug-likeness (QED) is 0.700. The van der Waals surface area contributed by atoms with Gasteiger partial charge in [0.1, 0.15) is 8.07 Å². The van der Waals surface area contributed by atoms with Gasteiger partial charge in [0.15, 0.2) is 0 Å². The minimum atomic E-state index is -1.69. The molecule has 0 aromatic heterocycles. The van der Waals surface area contributed by atoms with E-state index in [9.17, 15) is 0 Å². The van der Waals surface area contributed by atoms with E-state index in [1.54, 1.807) is 0 Å². The van der Waals surface area contributed by atoms with Gasteiger partial charge in [-0.05, 0) is 10.6 Å². The van der Waals surface area contributed by atoms with E-state index in [0.29, 0.717) is 5.04 Å². The van der Waals surface area contributed by atoms with Crippen LogP contribution >= 0.6 is 0 Å². The number of rotatable bonds is 3. The van der Waals surface area contributed by atoms with Crippen LogP contribution in [0.1, 0.15) is 26.3 Å². The summed E-state index contributed by atoms with van der Waals surface area (Å²) in [5, 5.41) is 1.79. The van der Waals surface area contributed by atoms with Crippen LogP contribution in [0.25, 0.3) is 6.08 Å². The van der Waals surface area contributed by atoms with Gasteiger partial charge in [-0.25, -0.2) is 0 Å². The maximum absolute atomic E-state index is 2.48. The first-order chi connectivity index (χ1) is 9.43. The van der Waals surface area contributed by atoms with Gasteiger partial charge in [-0.3, -0.25) is 0 Å². The van der Waals surface area contributed by atoms with Gasteiger partial charge in [-0.2, -0.15) is 0 Å². The van der Waals surface area contributed by atoms with Crippen LogP contribution in [-0.4, -0.2) is 25.1 Å². The summed E-state index contributed by atoms with van der Waals surface area (Å²) < 4.78 is 0. The maximum atomic E-state index is 2.48. The van der Waals surface area contributed by atoms with Crippen molar-refractivity contribution in [3.05, 3.63) is 71.9 Å². The molecule has 2 heteroatoms. The summed E-state index contributed by atoms with van der Waals surface area (Å²) in [6.07, 6.45) is 2.30. The van der Waals surface area contributed by atoms with E-state index in [1.165, 1.54) is 10.8 Å². The Kier molecular flexibility index (Phi) is 6.21. The van der Waals surface area contributed by atoms with Crippen LogP contribution in [0.2, 0.25) is 11.6 Å². The first kappa shape index (κ1) is 18.0. The Labute approximate surface area is 140 Å². The summed E-state index contributed by atoms with van der Waals surface area (Å²) in [6, 6.07) is 21.6. The first-order valence-corrected chi connectivity index (χ1v) is 9.81. The molecule has 0 nitrogen and oxygen atoms in total. The van der Waals surface area contributed by atoms with Crippen molar-refractivity contribution in [1.29, 1.82) is 0 Å². The number of hydrogen-bond acceptors (Lipinski definition) is 0. The Morgan fingerprint density at radius 2 is 1.29 bits per heavy atom. The van der Waals surface area contributed by atoms with E-state index in [2.05, 4.69) is 99.8 Å². The van der Waals surface area contributed by atoms with Crippen molar-refractivity contribution in [1.82, 2.24) is 0 Å². The molecule has 21 heavy (non-hydrogen) atoms. The zero-order chi connectivity index (χ0) is 14.6. The van der Waals surface area contributed by atoms with Crippen molar-refractivity contribution in [2.75, 3.05) is 0 Å². The summed E-state index contributed by atoms with van der Waals surface area (Å²) in [4.78, 5) is 0. The number of hydrogen-bond donors (Lipinski definition) is 0. The molecule has 0 saturated heterocycles. The second kappa shape index (κ2) is 7.26. The SMILES string of the molecule is CC(C)(C)[Si](C)(C=Cc1ccccc1)c1ccccc1.[Se]. The predicted molar refractivity (Wildman–Crippen MR) is 98.6 cm³/mol. The predicted octanol–water partition coefficient (Wildman–Crippen LogP) is 4.64. The topological polar surface area (TPSA) is 0 Å². The summed E-state index contributed by atoms with van der Waals surface area (Å²) in [5.74, 6) is 0. The Morgan fingerprint density at radius 3 is 1.76 bits per heavy atom. The van der Waals surface area contributed by atoms with Crippen LogP contribution in [0.15, 0.2) is 66.4 Å². The molecule has 1 unspecified atom stereocenters. The summed E-state index contributed by atoms with van der Waals surface area (Å²) in [7, 11) is -1.69. The van der Waals surface area contributed by atoms with Crippen molar-refractivity contribution >= 4 is 36.4 Å². The normalized spacial score (nSPS) is 14.5. The molecule has 0 fully saturated rings. The largest absolute Gasteiger partial charge is 0.112 e. The molecule has 0 heterocycles. The zero-order valence-corrected chi connectivity index (χ0v) is 16.0. The van der Waals surface area contributed by atoms with Crippen molar-refractivity contribution in [3.63, 3.8) is 0 Å². The molecular formula is C19H24SeSi. The van der Waals surface area contributed by atoms with Crippen LogP contribution < -0.4 is 5.19 Å². The molecule has 0 amide bonds. The monoisotopic (exact) mass is 360 g/mol. The zero-order valence-electron chi connectivity index (χ0n) is 13.3. The molecule has 2 aromatic rings. The number of benzene rings is 2. The van der Waals surface area contributed by atoms with Gasteiger partial charge in [0.2, 0.25) is 0 Å². The summed E-state index contributed by atoms with van der Waals surface area (Å²) in [6.45, 7) is 9.55. The third-order valence-electron chi connectivity index (χ3n) is 4.34. The fourth-order valence-corrected chi connectivity index (χ4v) is 5.36. The van der Waals surface area contributed by atoms with Gasteiger partial charge in [0.05, 0.1) is 0 Å². The van der Waals surface area contributed by atoms with Gasteiger partial charge in [0, 0.05) is 17.1 Å². The van der Waals surface area contributed by atoms with Crippen molar-refractivity contribution in [2.24, 2.45) is 0 Å². The van der Waals surface area contributed by atoms with E-state index in [1.807, 2.05) is 0 Å². The van der Waals surface area contributed by atoms with Crippen LogP contribution in [-0.2, 0) is 0 Å². The average molecular weight is 359 g/mol. The molecular weight excluding hydrogens is 335 g/mol. The van der Waals surface area contributed by atoms with E-state index >= 15 is 0 Å². The van der Waals surface area contributed by atoms with Crippen molar-refractivity contribution in [3.8, 4) is 0 Å². The molecule has 110 valence electrons. The van der Waals surface area contributed by atoms with E-state index in [-0.39, 0.29) is 17.1 Å².